The van der Waals surface area contributed by atoms with E-state index in [0.717, 1.165) is 42.4 Å². The van der Waals surface area contributed by atoms with Crippen molar-refractivity contribution in [2.24, 2.45) is 0 Å². The number of aromatic nitrogens is 2. The van der Waals surface area contributed by atoms with Gasteiger partial charge in [0.15, 0.2) is 0 Å². The van der Waals surface area contributed by atoms with Crippen LogP contribution in [0.1, 0.15) is 35.1 Å². The highest BCUT2D eigenvalue weighted by molar-refractivity contribution is 6.30. The number of amides is 1. The number of hydrogen-bond donors (Lipinski definition) is 0. The standard InChI is InChI=1S/C21H27ClN4O/c1-14-6-5-7-18(12-14)13-19-16(3)23-17(4)24-20(19)25-8-10-26(11-9-25)21(27)15(2)22/h5-7,12,15H,8-11,13H2,1-4H3/t15-/m0/s1. The number of anilines is 1. The molecule has 5 nitrogen and oxygen atoms in total. The van der Waals surface area contributed by atoms with Gasteiger partial charge in [0.25, 0.3) is 0 Å². The van der Waals surface area contributed by atoms with Crippen molar-refractivity contribution in [2.75, 3.05) is 31.1 Å². The van der Waals surface area contributed by atoms with Gasteiger partial charge in [-0.3, -0.25) is 4.79 Å². The highest BCUT2D eigenvalue weighted by Crippen LogP contribution is 2.25. The molecule has 0 unspecified atom stereocenters. The number of halogens is 1. The van der Waals surface area contributed by atoms with Gasteiger partial charge in [-0.1, -0.05) is 29.8 Å². The summed E-state index contributed by atoms with van der Waals surface area (Å²) in [6, 6.07) is 8.56. The zero-order chi connectivity index (χ0) is 19.6. The minimum Gasteiger partial charge on any atom is -0.353 e. The van der Waals surface area contributed by atoms with E-state index in [1.54, 1.807) is 6.92 Å². The summed E-state index contributed by atoms with van der Waals surface area (Å²) in [5, 5.41) is -0.475. The Kier molecular flexibility index (Phi) is 6.00. The largest absolute Gasteiger partial charge is 0.353 e. The van der Waals surface area contributed by atoms with Crippen LogP contribution in [0.2, 0.25) is 0 Å². The smallest absolute Gasteiger partial charge is 0.240 e. The maximum atomic E-state index is 12.1. The predicted molar refractivity (Wildman–Crippen MR) is 110 cm³/mol. The molecular formula is C21H27ClN4O. The zero-order valence-corrected chi connectivity index (χ0v) is 17.3. The Morgan fingerprint density at radius 3 is 2.48 bits per heavy atom. The molecule has 0 aliphatic carbocycles. The molecule has 27 heavy (non-hydrogen) atoms. The quantitative estimate of drug-likeness (QED) is 0.757. The second-order valence-corrected chi connectivity index (χ2v) is 7.91. The van der Waals surface area contributed by atoms with Crippen molar-refractivity contribution in [3.05, 3.63) is 52.5 Å². The summed E-state index contributed by atoms with van der Waals surface area (Å²) in [7, 11) is 0. The van der Waals surface area contributed by atoms with Crippen molar-refractivity contribution in [2.45, 2.75) is 39.5 Å². The number of piperazine rings is 1. The molecule has 1 aromatic carbocycles. The lowest BCUT2D eigenvalue weighted by Gasteiger charge is -2.37. The van der Waals surface area contributed by atoms with E-state index in [1.165, 1.54) is 11.1 Å². The summed E-state index contributed by atoms with van der Waals surface area (Å²) in [5.74, 6) is 1.78. The Hall–Kier alpha value is -2.14. The van der Waals surface area contributed by atoms with E-state index in [1.807, 2.05) is 11.8 Å². The van der Waals surface area contributed by atoms with Crippen molar-refractivity contribution in [3.8, 4) is 0 Å². The molecule has 0 saturated carbocycles. The number of aryl methyl sites for hydroxylation is 3. The first-order chi connectivity index (χ1) is 12.8. The molecule has 1 aliphatic heterocycles. The van der Waals surface area contributed by atoms with E-state index in [0.29, 0.717) is 13.1 Å². The summed E-state index contributed by atoms with van der Waals surface area (Å²) < 4.78 is 0. The molecule has 3 rings (SSSR count). The fraction of sp³-hybridized carbons (Fsp3) is 0.476. The van der Waals surface area contributed by atoms with Gasteiger partial charge in [0.1, 0.15) is 17.0 Å². The number of carbonyl (C=O) groups is 1. The van der Waals surface area contributed by atoms with Crippen molar-refractivity contribution >= 4 is 23.3 Å². The molecule has 0 bridgehead atoms. The highest BCUT2D eigenvalue weighted by atomic mass is 35.5. The zero-order valence-electron chi connectivity index (χ0n) is 16.5. The minimum absolute atomic E-state index is 0.00588. The Labute approximate surface area is 166 Å². The maximum Gasteiger partial charge on any atom is 0.240 e. The predicted octanol–water partition coefficient (Wildman–Crippen LogP) is 3.27. The minimum atomic E-state index is -0.475. The van der Waals surface area contributed by atoms with Crippen LogP contribution in [0.4, 0.5) is 5.82 Å². The molecule has 144 valence electrons. The van der Waals surface area contributed by atoms with Crippen LogP contribution >= 0.6 is 11.6 Å². The van der Waals surface area contributed by atoms with Gasteiger partial charge < -0.3 is 9.80 Å². The van der Waals surface area contributed by atoms with E-state index in [-0.39, 0.29) is 5.91 Å². The summed E-state index contributed by atoms with van der Waals surface area (Å²) in [4.78, 5) is 25.6. The summed E-state index contributed by atoms with van der Waals surface area (Å²) in [6.45, 7) is 10.7. The Morgan fingerprint density at radius 1 is 1.15 bits per heavy atom. The third-order valence-electron chi connectivity index (χ3n) is 5.00. The van der Waals surface area contributed by atoms with Crippen LogP contribution in [0.5, 0.6) is 0 Å². The topological polar surface area (TPSA) is 49.3 Å². The van der Waals surface area contributed by atoms with Gasteiger partial charge in [-0.15, -0.1) is 11.6 Å². The normalized spacial score (nSPS) is 15.7. The van der Waals surface area contributed by atoms with Crippen LogP contribution in [0.3, 0.4) is 0 Å². The summed E-state index contributed by atoms with van der Waals surface area (Å²) in [6.07, 6.45) is 0.807. The molecule has 1 amide bonds. The van der Waals surface area contributed by atoms with Gasteiger partial charge in [-0.05, 0) is 33.3 Å². The molecule has 1 fully saturated rings. The third kappa shape index (κ3) is 4.59. The van der Waals surface area contributed by atoms with Crippen LogP contribution in [0.15, 0.2) is 24.3 Å². The molecular weight excluding hydrogens is 360 g/mol. The average Bonchev–Trinajstić information content (AvgIpc) is 2.63. The van der Waals surface area contributed by atoms with Gasteiger partial charge in [0.05, 0.1) is 0 Å². The molecule has 6 heteroatoms. The number of carbonyl (C=O) groups excluding carboxylic acids is 1. The first-order valence-corrected chi connectivity index (χ1v) is 9.86. The summed E-state index contributed by atoms with van der Waals surface area (Å²) >= 11 is 5.96. The Morgan fingerprint density at radius 2 is 1.85 bits per heavy atom. The van der Waals surface area contributed by atoms with E-state index >= 15 is 0 Å². The van der Waals surface area contributed by atoms with E-state index in [4.69, 9.17) is 16.6 Å². The van der Waals surface area contributed by atoms with Crippen molar-refractivity contribution in [1.29, 1.82) is 0 Å². The summed E-state index contributed by atoms with van der Waals surface area (Å²) in [5.41, 5.74) is 4.70. The Balaban J connectivity index is 1.84. The van der Waals surface area contributed by atoms with Gasteiger partial charge in [0, 0.05) is 43.9 Å². The Bertz CT molecular complexity index is 829. The average molecular weight is 387 g/mol. The van der Waals surface area contributed by atoms with Gasteiger partial charge in [0.2, 0.25) is 5.91 Å². The number of benzene rings is 1. The second kappa shape index (κ2) is 8.26. The molecule has 1 aliphatic rings. The number of nitrogens with zero attached hydrogens (tertiary/aromatic N) is 4. The van der Waals surface area contributed by atoms with E-state index < -0.39 is 5.38 Å². The van der Waals surface area contributed by atoms with Crippen molar-refractivity contribution < 1.29 is 4.79 Å². The van der Waals surface area contributed by atoms with Crippen LogP contribution in [-0.2, 0) is 11.2 Å². The first-order valence-electron chi connectivity index (χ1n) is 9.42. The van der Waals surface area contributed by atoms with Crippen molar-refractivity contribution in [3.63, 3.8) is 0 Å². The van der Waals surface area contributed by atoms with Crippen LogP contribution < -0.4 is 4.90 Å². The fourth-order valence-electron chi connectivity index (χ4n) is 3.60. The van der Waals surface area contributed by atoms with E-state index in [2.05, 4.69) is 48.0 Å². The third-order valence-corrected chi connectivity index (χ3v) is 5.19. The lowest BCUT2D eigenvalue weighted by Crippen LogP contribution is -2.51. The number of alkyl halides is 1. The molecule has 2 aromatic rings. The molecule has 1 saturated heterocycles. The highest BCUT2D eigenvalue weighted by Gasteiger charge is 2.26. The number of rotatable bonds is 4. The lowest BCUT2D eigenvalue weighted by molar-refractivity contribution is -0.130. The SMILES string of the molecule is Cc1cccc(Cc2c(C)nc(C)nc2N2CCN(C(=O)[C@H](C)Cl)CC2)c1. The fourth-order valence-corrected chi connectivity index (χ4v) is 3.74. The number of hydrogen-bond acceptors (Lipinski definition) is 4. The van der Waals surface area contributed by atoms with Crippen molar-refractivity contribution in [1.82, 2.24) is 14.9 Å². The molecule has 1 aromatic heterocycles. The van der Waals surface area contributed by atoms with Crippen LogP contribution in [0.25, 0.3) is 0 Å². The monoisotopic (exact) mass is 386 g/mol. The van der Waals surface area contributed by atoms with Crippen LogP contribution in [-0.4, -0.2) is 52.3 Å². The van der Waals surface area contributed by atoms with E-state index in [9.17, 15) is 4.79 Å². The second-order valence-electron chi connectivity index (χ2n) is 7.25. The van der Waals surface area contributed by atoms with Gasteiger partial charge in [-0.2, -0.15) is 0 Å². The molecule has 0 radical (unpaired) electrons. The van der Waals surface area contributed by atoms with Gasteiger partial charge >= 0.3 is 0 Å². The van der Waals surface area contributed by atoms with Crippen LogP contribution in [0, 0.1) is 20.8 Å². The maximum absolute atomic E-state index is 12.1. The molecule has 0 spiro atoms. The lowest BCUT2D eigenvalue weighted by atomic mass is 10.0. The molecule has 1 atom stereocenters. The first kappa shape index (κ1) is 19.6. The molecule has 2 heterocycles. The van der Waals surface area contributed by atoms with Gasteiger partial charge in [-0.25, -0.2) is 9.97 Å². The molecule has 0 N–H and O–H groups in total.